The van der Waals surface area contributed by atoms with E-state index in [9.17, 15) is 4.79 Å². The zero-order valence-electron chi connectivity index (χ0n) is 13.6. The molecule has 1 fully saturated rings. The van der Waals surface area contributed by atoms with E-state index < -0.39 is 0 Å². The summed E-state index contributed by atoms with van der Waals surface area (Å²) in [6.45, 7) is 10.8. The smallest absolute Gasteiger partial charge is 0.221 e. The van der Waals surface area contributed by atoms with Gasteiger partial charge in [-0.2, -0.15) is 0 Å². The first-order valence-electron chi connectivity index (χ1n) is 8.11. The van der Waals surface area contributed by atoms with Gasteiger partial charge in [0.1, 0.15) is 0 Å². The average molecular weight is 283 g/mol. The number of nitrogens with one attached hydrogen (secondary N) is 1. The molecular formula is C16H33N3O. The minimum absolute atomic E-state index is 0.0305. The van der Waals surface area contributed by atoms with Crippen LogP contribution in [0.15, 0.2) is 0 Å². The first kappa shape index (κ1) is 17.4. The molecule has 0 aromatic rings. The normalized spacial score (nSPS) is 18.8. The third-order valence-electron chi connectivity index (χ3n) is 3.74. The fourth-order valence-electron chi connectivity index (χ4n) is 2.88. The standard InChI is InChI=1S/C16H33N3O/c1-16(2,3)13-14(17)12-15(20)18-8-7-11-19-9-5-4-6-10-19/h14H,4-13,17H2,1-3H3,(H,18,20). The summed E-state index contributed by atoms with van der Waals surface area (Å²) in [4.78, 5) is 14.3. The van der Waals surface area contributed by atoms with E-state index in [-0.39, 0.29) is 17.4 Å². The Bertz CT molecular complexity index is 280. The van der Waals surface area contributed by atoms with Crippen molar-refractivity contribution in [3.8, 4) is 0 Å². The van der Waals surface area contributed by atoms with E-state index in [4.69, 9.17) is 5.73 Å². The molecular weight excluding hydrogens is 250 g/mol. The molecule has 0 bridgehead atoms. The van der Waals surface area contributed by atoms with Gasteiger partial charge in [-0.1, -0.05) is 27.2 Å². The van der Waals surface area contributed by atoms with E-state index in [1.165, 1.54) is 32.4 Å². The number of likely N-dealkylation sites (tertiary alicyclic amines) is 1. The van der Waals surface area contributed by atoms with Gasteiger partial charge in [-0.15, -0.1) is 0 Å². The van der Waals surface area contributed by atoms with Gasteiger partial charge in [0.15, 0.2) is 0 Å². The summed E-state index contributed by atoms with van der Waals surface area (Å²) in [5.74, 6) is 0.0976. The van der Waals surface area contributed by atoms with E-state index in [2.05, 4.69) is 31.0 Å². The summed E-state index contributed by atoms with van der Waals surface area (Å²) in [5, 5.41) is 2.99. The first-order chi connectivity index (χ1) is 9.37. The van der Waals surface area contributed by atoms with Crippen molar-refractivity contribution in [2.45, 2.75) is 65.3 Å². The largest absolute Gasteiger partial charge is 0.356 e. The molecule has 1 saturated heterocycles. The summed E-state index contributed by atoms with van der Waals surface area (Å²) in [6, 6.07) is -0.0305. The van der Waals surface area contributed by atoms with Crippen LogP contribution >= 0.6 is 0 Å². The molecule has 118 valence electrons. The van der Waals surface area contributed by atoms with Crippen molar-refractivity contribution in [2.24, 2.45) is 11.1 Å². The van der Waals surface area contributed by atoms with Gasteiger partial charge in [0.25, 0.3) is 0 Å². The second kappa shape index (κ2) is 8.63. The van der Waals surface area contributed by atoms with E-state index in [1.54, 1.807) is 0 Å². The highest BCUT2D eigenvalue weighted by Gasteiger charge is 2.18. The molecule has 0 saturated carbocycles. The molecule has 1 unspecified atom stereocenters. The summed E-state index contributed by atoms with van der Waals surface area (Å²) in [7, 11) is 0. The van der Waals surface area contributed by atoms with Crippen LogP contribution in [-0.2, 0) is 4.79 Å². The average Bonchev–Trinajstić information content (AvgIpc) is 2.33. The van der Waals surface area contributed by atoms with Gasteiger partial charge in [0.2, 0.25) is 5.91 Å². The van der Waals surface area contributed by atoms with Gasteiger partial charge in [-0.25, -0.2) is 0 Å². The van der Waals surface area contributed by atoms with Crippen LogP contribution in [0.3, 0.4) is 0 Å². The molecule has 1 aliphatic heterocycles. The molecule has 20 heavy (non-hydrogen) atoms. The Hall–Kier alpha value is -0.610. The molecule has 0 spiro atoms. The van der Waals surface area contributed by atoms with Gasteiger partial charge in [0, 0.05) is 19.0 Å². The summed E-state index contributed by atoms with van der Waals surface area (Å²) < 4.78 is 0. The lowest BCUT2D eigenvalue weighted by atomic mass is 9.87. The monoisotopic (exact) mass is 283 g/mol. The van der Waals surface area contributed by atoms with Crippen molar-refractivity contribution in [3.63, 3.8) is 0 Å². The lowest BCUT2D eigenvalue weighted by Gasteiger charge is -2.26. The molecule has 1 amide bonds. The highest BCUT2D eigenvalue weighted by molar-refractivity contribution is 5.76. The molecule has 4 heteroatoms. The Kier molecular flexibility index (Phi) is 7.52. The SMILES string of the molecule is CC(C)(C)CC(N)CC(=O)NCCCN1CCCCC1. The number of nitrogens with zero attached hydrogens (tertiary/aromatic N) is 1. The van der Waals surface area contributed by atoms with Crippen LogP contribution in [0, 0.1) is 5.41 Å². The first-order valence-corrected chi connectivity index (χ1v) is 8.11. The van der Waals surface area contributed by atoms with E-state index in [1.807, 2.05) is 0 Å². The highest BCUT2D eigenvalue weighted by atomic mass is 16.1. The Labute approximate surface area is 124 Å². The lowest BCUT2D eigenvalue weighted by molar-refractivity contribution is -0.121. The van der Waals surface area contributed by atoms with Crippen LogP contribution in [0.4, 0.5) is 0 Å². The van der Waals surface area contributed by atoms with Gasteiger partial charge >= 0.3 is 0 Å². The maximum Gasteiger partial charge on any atom is 0.221 e. The maximum absolute atomic E-state index is 11.8. The highest BCUT2D eigenvalue weighted by Crippen LogP contribution is 2.20. The molecule has 1 aliphatic rings. The van der Waals surface area contributed by atoms with Gasteiger partial charge in [0.05, 0.1) is 0 Å². The zero-order valence-corrected chi connectivity index (χ0v) is 13.6. The number of carbonyl (C=O) groups excluding carboxylic acids is 1. The van der Waals surface area contributed by atoms with Crippen LogP contribution in [0.25, 0.3) is 0 Å². The Morgan fingerprint density at radius 3 is 2.50 bits per heavy atom. The predicted octanol–water partition coefficient (Wildman–Crippen LogP) is 2.13. The number of amides is 1. The third kappa shape index (κ3) is 8.54. The molecule has 0 aromatic carbocycles. The minimum atomic E-state index is -0.0305. The Morgan fingerprint density at radius 1 is 1.25 bits per heavy atom. The van der Waals surface area contributed by atoms with Crippen molar-refractivity contribution >= 4 is 5.91 Å². The molecule has 3 N–H and O–H groups in total. The molecule has 1 rings (SSSR count). The zero-order chi connectivity index (χ0) is 15.0. The number of rotatable bonds is 7. The van der Waals surface area contributed by atoms with E-state index in [0.717, 1.165) is 25.9 Å². The van der Waals surface area contributed by atoms with Gasteiger partial charge in [-0.05, 0) is 50.7 Å². The number of hydrogen-bond acceptors (Lipinski definition) is 3. The second-order valence-corrected chi connectivity index (χ2v) is 7.33. The van der Waals surface area contributed by atoms with Crippen molar-refractivity contribution < 1.29 is 4.79 Å². The van der Waals surface area contributed by atoms with Gasteiger partial charge < -0.3 is 16.0 Å². The van der Waals surface area contributed by atoms with Crippen molar-refractivity contribution in [2.75, 3.05) is 26.2 Å². The fourth-order valence-corrected chi connectivity index (χ4v) is 2.88. The maximum atomic E-state index is 11.8. The molecule has 0 aliphatic carbocycles. The summed E-state index contributed by atoms with van der Waals surface area (Å²) in [5.41, 5.74) is 6.20. The lowest BCUT2D eigenvalue weighted by Crippen LogP contribution is -2.36. The van der Waals surface area contributed by atoms with Crippen molar-refractivity contribution in [3.05, 3.63) is 0 Å². The molecule has 0 radical (unpaired) electrons. The number of carbonyl (C=O) groups is 1. The Morgan fingerprint density at radius 2 is 1.90 bits per heavy atom. The summed E-state index contributed by atoms with van der Waals surface area (Å²) in [6.07, 6.45) is 6.40. The third-order valence-corrected chi connectivity index (χ3v) is 3.74. The molecule has 1 atom stereocenters. The van der Waals surface area contributed by atoms with Crippen molar-refractivity contribution in [1.82, 2.24) is 10.2 Å². The molecule has 4 nitrogen and oxygen atoms in total. The number of hydrogen-bond donors (Lipinski definition) is 2. The molecule has 0 aromatic heterocycles. The van der Waals surface area contributed by atoms with Crippen LogP contribution in [0.2, 0.25) is 0 Å². The van der Waals surface area contributed by atoms with E-state index in [0.29, 0.717) is 6.42 Å². The quantitative estimate of drug-likeness (QED) is 0.704. The molecule has 1 heterocycles. The summed E-state index contributed by atoms with van der Waals surface area (Å²) >= 11 is 0. The van der Waals surface area contributed by atoms with Crippen LogP contribution in [-0.4, -0.2) is 43.0 Å². The number of piperidine rings is 1. The number of nitrogens with two attached hydrogens (primary N) is 1. The van der Waals surface area contributed by atoms with E-state index >= 15 is 0 Å². The van der Waals surface area contributed by atoms with Crippen LogP contribution < -0.4 is 11.1 Å². The van der Waals surface area contributed by atoms with Crippen LogP contribution in [0.5, 0.6) is 0 Å². The Balaban J connectivity index is 2.04. The van der Waals surface area contributed by atoms with Crippen molar-refractivity contribution in [1.29, 1.82) is 0 Å². The second-order valence-electron chi connectivity index (χ2n) is 7.33. The minimum Gasteiger partial charge on any atom is -0.356 e. The van der Waals surface area contributed by atoms with Gasteiger partial charge in [-0.3, -0.25) is 4.79 Å². The topological polar surface area (TPSA) is 58.4 Å². The fraction of sp³-hybridized carbons (Fsp3) is 0.938. The van der Waals surface area contributed by atoms with Crippen LogP contribution in [0.1, 0.15) is 59.3 Å². The predicted molar refractivity (Wildman–Crippen MR) is 84.6 cm³/mol.